The van der Waals surface area contributed by atoms with Crippen molar-refractivity contribution < 1.29 is 0 Å². The minimum Gasteiger partial charge on any atom is -0.156 e. The van der Waals surface area contributed by atoms with Gasteiger partial charge >= 0.3 is 0 Å². The van der Waals surface area contributed by atoms with E-state index in [0.29, 0.717) is 0 Å². The number of halogens is 3. The maximum atomic E-state index is 3.32. The molecule has 0 fully saturated rings. The molecule has 0 saturated carbocycles. The van der Waals surface area contributed by atoms with Gasteiger partial charge in [0.05, 0.1) is 0 Å². The Labute approximate surface area is 62.6 Å². The molecule has 0 rings (SSSR count). The molecule has 5 heteroatoms. The van der Waals surface area contributed by atoms with Crippen LogP contribution < -0.4 is 0 Å². The van der Waals surface area contributed by atoms with Gasteiger partial charge in [-0.2, -0.15) is 15.8 Å². The lowest BCUT2D eigenvalue weighted by Gasteiger charge is -1.81. The predicted octanol–water partition coefficient (Wildman–Crippen LogP) is 3.06. The third kappa shape index (κ3) is 6.18. The summed E-state index contributed by atoms with van der Waals surface area (Å²) in [6, 6.07) is 0. The lowest BCUT2D eigenvalue weighted by molar-refractivity contribution is 4.90. The van der Waals surface area contributed by atoms with Crippen LogP contribution in [0.1, 0.15) is 0 Å². The molecule has 0 aliphatic rings. The van der Waals surface area contributed by atoms with E-state index < -0.39 is 0 Å². The fourth-order valence-corrected chi connectivity index (χ4v) is 0. The molecule has 1 radical (unpaired) electrons. The van der Waals surface area contributed by atoms with Crippen molar-refractivity contribution in [3.05, 3.63) is 0 Å². The van der Waals surface area contributed by atoms with E-state index in [-0.39, 0.29) is 4.15 Å². The monoisotopic (exact) mass is 327 g/mol. The van der Waals surface area contributed by atoms with Gasteiger partial charge in [0, 0.05) is 4.15 Å². The highest BCUT2D eigenvalue weighted by atomic mass is 127. The van der Waals surface area contributed by atoms with Gasteiger partial charge < -0.3 is 0 Å². The molecule has 0 heterocycles. The van der Waals surface area contributed by atoms with Gasteiger partial charge in [0.25, 0.3) is 5.82 Å². The first-order valence-electron chi connectivity index (χ1n) is 0.814. The largest absolute Gasteiger partial charge is 0.265 e. The zero-order chi connectivity index (χ0) is 4.28. The second-order valence-electron chi connectivity index (χ2n) is 0.357. The summed E-state index contributed by atoms with van der Waals surface area (Å²) in [5.41, 5.74) is 0. The van der Waals surface area contributed by atoms with E-state index in [1.54, 1.807) is 0 Å². The summed E-state index contributed by atoms with van der Waals surface area (Å²) in [7, 11) is 0. The van der Waals surface area contributed by atoms with E-state index >= 15 is 0 Å². The normalized spacial score (nSPS) is 14.2. The van der Waals surface area contributed by atoms with Gasteiger partial charge in [-0.15, -0.1) is 0 Å². The van der Waals surface area contributed by atoms with Crippen LogP contribution in [0.2, 0.25) is 0 Å². The van der Waals surface area contributed by atoms with Crippen LogP contribution in [-0.2, 0) is 0 Å². The van der Waals surface area contributed by atoms with Gasteiger partial charge in [-0.3, -0.25) is 0 Å². The summed E-state index contributed by atoms with van der Waals surface area (Å²) in [5.74, 6) is 1.95. The van der Waals surface area contributed by atoms with Gasteiger partial charge in [0.1, 0.15) is 0 Å². The summed E-state index contributed by atoms with van der Waals surface area (Å²) in [4.78, 5) is 0. The summed E-state index contributed by atoms with van der Waals surface area (Å²) < 4.78 is -0.0241. The molecular weight excluding hydrogens is 328 g/mol. The van der Waals surface area contributed by atoms with Crippen molar-refractivity contribution in [2.45, 2.75) is 0 Å². The molecule has 0 aromatic carbocycles. The molecule has 0 aliphatic heterocycles. The highest BCUT2D eigenvalue weighted by Gasteiger charge is 1.90. The number of rotatable bonds is 1. The third-order valence-corrected chi connectivity index (χ3v) is 6.84. The summed E-state index contributed by atoms with van der Waals surface area (Å²) in [6.45, 7) is 0. The molecule has 0 nitrogen and oxygen atoms in total. The van der Waals surface area contributed by atoms with Gasteiger partial charge in [-0.05, 0) is 0 Å². The zero-order valence-corrected chi connectivity index (χ0v) is 8.38. The quantitative estimate of drug-likeness (QED) is 0.394. The minimum atomic E-state index is -0.0241. The van der Waals surface area contributed by atoms with Crippen molar-refractivity contribution in [2.75, 3.05) is 0 Å². The second kappa shape index (κ2) is 4.35. The maximum absolute atomic E-state index is 3.32. The molecule has 0 aliphatic carbocycles. The molecule has 5 heavy (non-hydrogen) atoms. The highest BCUT2D eigenvalue weighted by molar-refractivity contribution is 14.2. The van der Waals surface area contributed by atoms with E-state index in [1.807, 2.05) is 5.82 Å². The Kier molecular flexibility index (Phi) is 6.25. The molecule has 0 amide bonds. The lowest BCUT2D eigenvalue weighted by Crippen LogP contribution is -1.48. The first kappa shape index (κ1) is 7.18. The van der Waals surface area contributed by atoms with Crippen LogP contribution >= 0.6 is 57.4 Å². The molecule has 0 saturated heterocycles. The Morgan fingerprint density at radius 3 is 2.00 bits per heavy atom. The smallest absolute Gasteiger partial charge is 0.156 e. The molecule has 0 aromatic heterocycles. The molecule has 1 atom stereocenters. The van der Waals surface area contributed by atoms with Gasteiger partial charge in [0.15, 0.2) is 0 Å². The topological polar surface area (TPSA) is 0 Å². The molecule has 0 N–H and O–H groups in total. The lowest BCUT2D eigenvalue weighted by atomic mass is 10.7. The van der Waals surface area contributed by atoms with Crippen LogP contribution in [0.5, 0.6) is 0 Å². The van der Waals surface area contributed by atoms with E-state index in [1.165, 1.54) is 0 Å². The average molecular weight is 328 g/mol. The van der Waals surface area contributed by atoms with Crippen LogP contribution in [0.3, 0.4) is 0 Å². The molecule has 0 bridgehead atoms. The highest BCUT2D eigenvalue weighted by Crippen LogP contribution is 2.51. The van der Waals surface area contributed by atoms with E-state index in [2.05, 4.69) is 53.3 Å². The van der Waals surface area contributed by atoms with E-state index in [4.69, 9.17) is 0 Å². The van der Waals surface area contributed by atoms with Crippen LogP contribution in [0.25, 0.3) is 0 Å². The fourth-order valence-electron chi connectivity index (χ4n) is 0. The third-order valence-electron chi connectivity index (χ3n) is 0.0738. The number of hydrogen-bond donors (Lipinski definition) is 0. The summed E-state index contributed by atoms with van der Waals surface area (Å²) in [5, 5.41) is 0. The average Bonchev–Trinajstić information content (AvgIpc) is 1.38. The Morgan fingerprint density at radius 2 is 2.00 bits per heavy atom. The standard InChI is InChI=1S/BBr2IP/c2-1-5(3)4. The van der Waals surface area contributed by atoms with Gasteiger partial charge in [0.2, 0.25) is 0 Å². The molecular formula is BBr2IP. The van der Waals surface area contributed by atoms with Crippen molar-refractivity contribution in [3.8, 4) is 0 Å². The van der Waals surface area contributed by atoms with Crippen molar-refractivity contribution >= 4 is 63.3 Å². The molecule has 0 aromatic rings. The summed E-state index contributed by atoms with van der Waals surface area (Å²) in [6.07, 6.45) is 0. The Hall–Kier alpha value is 2.18. The van der Waals surface area contributed by atoms with Crippen LogP contribution in [0.15, 0.2) is 0 Å². The fraction of sp³-hybridized carbons (Fsp3) is 0. The van der Waals surface area contributed by atoms with Crippen LogP contribution in [0, 0.1) is 0 Å². The molecule has 1 unspecified atom stereocenters. The van der Waals surface area contributed by atoms with Crippen LogP contribution in [0.4, 0.5) is 0 Å². The Morgan fingerprint density at radius 1 is 1.80 bits per heavy atom. The first-order valence-corrected chi connectivity index (χ1v) is 7.95. The molecule has 29 valence electrons. The maximum Gasteiger partial charge on any atom is 0.265 e. The zero-order valence-electron chi connectivity index (χ0n) is 2.16. The molecule has 0 spiro atoms. The number of hydrogen-bond acceptors (Lipinski definition) is 0. The van der Waals surface area contributed by atoms with Gasteiger partial charge in [-0.25, -0.2) is 0 Å². The van der Waals surface area contributed by atoms with E-state index in [0.717, 1.165) is 0 Å². The minimum absolute atomic E-state index is 0.0241. The SMILES string of the molecule is Br[B]P(Br)I. The first-order chi connectivity index (χ1) is 2.27. The van der Waals surface area contributed by atoms with Crippen molar-refractivity contribution in [2.24, 2.45) is 0 Å². The van der Waals surface area contributed by atoms with Crippen LogP contribution in [-0.4, -0.2) is 5.82 Å². The van der Waals surface area contributed by atoms with Gasteiger partial charge in [-0.1, -0.05) is 37.5 Å². The Bertz CT molecular complexity index is 23.6. The predicted molar refractivity (Wildman–Crippen MR) is 44.5 cm³/mol. The van der Waals surface area contributed by atoms with Crippen molar-refractivity contribution in [1.82, 2.24) is 0 Å². The Balaban J connectivity index is 2.54. The van der Waals surface area contributed by atoms with Crippen molar-refractivity contribution in [1.29, 1.82) is 0 Å². The second-order valence-corrected chi connectivity index (χ2v) is 11.7. The summed E-state index contributed by atoms with van der Waals surface area (Å²) >= 11 is 8.77. The van der Waals surface area contributed by atoms with Crippen molar-refractivity contribution in [3.63, 3.8) is 0 Å². The van der Waals surface area contributed by atoms with E-state index in [9.17, 15) is 0 Å².